The number of aliphatic hydroxyl groups excluding tert-OH is 5. The molecule has 0 aliphatic carbocycles. The topological polar surface area (TPSA) is 175 Å². The third-order valence-corrected chi connectivity index (χ3v) is 18.6. The van der Waals surface area contributed by atoms with Crippen molar-refractivity contribution in [1.82, 2.24) is 5.32 Å². The van der Waals surface area contributed by atoms with Crippen LogP contribution in [0.4, 0.5) is 0 Å². The molecule has 0 aromatic carbocycles. The first-order valence-electron chi connectivity index (χ1n) is 38.6. The van der Waals surface area contributed by atoms with Gasteiger partial charge in [-0.1, -0.05) is 346 Å². The number of carbonyl (C=O) groups excluding carboxylic acids is 2. The van der Waals surface area contributed by atoms with E-state index >= 15 is 0 Å². The van der Waals surface area contributed by atoms with E-state index in [4.69, 9.17) is 14.2 Å². The molecule has 0 spiro atoms. The number of carbonyl (C=O) groups is 2. The molecule has 0 aromatic heterocycles. The molecule has 0 aromatic rings. The van der Waals surface area contributed by atoms with Gasteiger partial charge in [-0.2, -0.15) is 0 Å². The van der Waals surface area contributed by atoms with E-state index in [-0.39, 0.29) is 18.5 Å². The van der Waals surface area contributed by atoms with E-state index in [0.717, 1.165) is 51.4 Å². The van der Waals surface area contributed by atoms with Gasteiger partial charge in [-0.3, -0.25) is 9.59 Å². The Labute approximate surface area is 543 Å². The minimum atomic E-state index is -1.57. The first kappa shape index (κ1) is 84.2. The Bertz CT molecular complexity index is 1510. The summed E-state index contributed by atoms with van der Waals surface area (Å²) in [7, 11) is 0. The molecule has 1 aliphatic rings. The highest BCUT2D eigenvalue weighted by Gasteiger charge is 2.44. The van der Waals surface area contributed by atoms with Crippen LogP contribution in [-0.4, -0.2) is 100 Å². The van der Waals surface area contributed by atoms with Crippen molar-refractivity contribution in [3.63, 3.8) is 0 Å². The number of rotatable bonds is 69. The fourth-order valence-electron chi connectivity index (χ4n) is 12.5. The zero-order valence-electron chi connectivity index (χ0n) is 58.0. The summed E-state index contributed by atoms with van der Waals surface area (Å²) in [4.78, 5) is 25.1. The van der Waals surface area contributed by atoms with E-state index in [2.05, 4.69) is 31.3 Å². The molecule has 88 heavy (non-hydrogen) atoms. The summed E-state index contributed by atoms with van der Waals surface area (Å²) in [5, 5.41) is 54.4. The molecule has 1 rings (SSSR count). The maximum Gasteiger partial charge on any atom is 0.305 e. The van der Waals surface area contributed by atoms with Crippen molar-refractivity contribution >= 4 is 11.9 Å². The molecule has 7 atom stereocenters. The van der Waals surface area contributed by atoms with Gasteiger partial charge in [0, 0.05) is 12.8 Å². The summed E-state index contributed by atoms with van der Waals surface area (Å²) in [6.07, 6.45) is 75.1. The van der Waals surface area contributed by atoms with E-state index in [9.17, 15) is 35.1 Å². The van der Waals surface area contributed by atoms with Gasteiger partial charge in [-0.15, -0.1) is 0 Å². The molecule has 1 fully saturated rings. The third-order valence-electron chi connectivity index (χ3n) is 18.6. The largest absolute Gasteiger partial charge is 0.466 e. The number of nitrogens with one attached hydrogen (secondary N) is 1. The van der Waals surface area contributed by atoms with E-state index in [1.807, 2.05) is 6.08 Å². The Morgan fingerprint density at radius 3 is 1.09 bits per heavy atom. The van der Waals surface area contributed by atoms with Gasteiger partial charge in [0.25, 0.3) is 0 Å². The summed E-state index contributed by atoms with van der Waals surface area (Å²) >= 11 is 0. The summed E-state index contributed by atoms with van der Waals surface area (Å²) in [6.45, 7) is 4.37. The van der Waals surface area contributed by atoms with Gasteiger partial charge in [0.2, 0.25) is 5.91 Å². The molecule has 0 bridgehead atoms. The van der Waals surface area contributed by atoms with E-state index in [0.29, 0.717) is 19.4 Å². The number of ether oxygens (including phenoxy) is 3. The highest BCUT2D eigenvalue weighted by molar-refractivity contribution is 5.76. The lowest BCUT2D eigenvalue weighted by molar-refractivity contribution is -0.302. The molecule has 11 heteroatoms. The number of allylic oxidation sites excluding steroid dienone is 3. The molecule has 6 N–H and O–H groups in total. The zero-order chi connectivity index (χ0) is 63.7. The molecule has 1 heterocycles. The summed E-state index contributed by atoms with van der Waals surface area (Å²) < 4.78 is 16.7. The van der Waals surface area contributed by atoms with Crippen LogP contribution in [0.5, 0.6) is 0 Å². The Morgan fingerprint density at radius 2 is 0.727 bits per heavy atom. The van der Waals surface area contributed by atoms with Crippen molar-refractivity contribution in [3.8, 4) is 0 Å². The number of unbranched alkanes of at least 4 members (excludes halogenated alkanes) is 53. The Balaban J connectivity index is 1.87. The second-order valence-corrected chi connectivity index (χ2v) is 27.1. The third kappa shape index (κ3) is 54.7. The molecule has 7 unspecified atom stereocenters. The van der Waals surface area contributed by atoms with Crippen LogP contribution in [0.3, 0.4) is 0 Å². The lowest BCUT2D eigenvalue weighted by atomic mass is 9.99. The Hall–Kier alpha value is -1.86. The van der Waals surface area contributed by atoms with Crippen molar-refractivity contribution in [2.75, 3.05) is 19.8 Å². The minimum Gasteiger partial charge on any atom is -0.466 e. The SMILES string of the molecule is CCCCCCCCCC/C=C/C(O)C(COC1OC(CO)C(O)C(O)C1O)NC(=O)CCCCCCCCCCCCCCCCCCC/C=C\CCCCCCCCCCCCCCCCCCCCOC(=O)CCCCCCCCCCCCC. The molecule has 0 radical (unpaired) electrons. The van der Waals surface area contributed by atoms with Crippen molar-refractivity contribution in [1.29, 1.82) is 0 Å². The second kappa shape index (κ2) is 66.6. The fraction of sp³-hybridized carbons (Fsp3) is 0.922. The van der Waals surface area contributed by atoms with Crippen LogP contribution in [0.15, 0.2) is 24.3 Å². The fourth-order valence-corrected chi connectivity index (χ4v) is 12.5. The Kier molecular flexibility index (Phi) is 63.7. The predicted octanol–water partition coefficient (Wildman–Crippen LogP) is 20.4. The molecule has 1 amide bonds. The van der Waals surface area contributed by atoms with Crippen molar-refractivity contribution < 1.29 is 49.3 Å². The highest BCUT2D eigenvalue weighted by atomic mass is 16.7. The lowest BCUT2D eigenvalue weighted by Gasteiger charge is -2.40. The first-order valence-corrected chi connectivity index (χ1v) is 38.6. The van der Waals surface area contributed by atoms with E-state index < -0.39 is 49.5 Å². The number of hydrogen-bond acceptors (Lipinski definition) is 10. The van der Waals surface area contributed by atoms with Crippen molar-refractivity contribution in [2.24, 2.45) is 0 Å². The van der Waals surface area contributed by atoms with Crippen LogP contribution in [0, 0.1) is 0 Å². The van der Waals surface area contributed by atoms with Crippen LogP contribution < -0.4 is 5.32 Å². The first-order chi connectivity index (χ1) is 43.2. The summed E-state index contributed by atoms with van der Waals surface area (Å²) in [5.41, 5.74) is 0. The molecule has 11 nitrogen and oxygen atoms in total. The summed E-state index contributed by atoms with van der Waals surface area (Å²) in [5.74, 6) is -0.160. The number of hydrogen-bond donors (Lipinski definition) is 6. The number of amides is 1. The van der Waals surface area contributed by atoms with E-state index in [1.165, 1.54) is 315 Å². The van der Waals surface area contributed by atoms with Crippen LogP contribution in [0.2, 0.25) is 0 Å². The van der Waals surface area contributed by atoms with Gasteiger partial charge >= 0.3 is 5.97 Å². The van der Waals surface area contributed by atoms with Gasteiger partial charge in [0.15, 0.2) is 6.29 Å². The highest BCUT2D eigenvalue weighted by Crippen LogP contribution is 2.24. The Morgan fingerprint density at radius 1 is 0.409 bits per heavy atom. The van der Waals surface area contributed by atoms with Gasteiger partial charge in [0.05, 0.1) is 32.0 Å². The quantitative estimate of drug-likeness (QED) is 0.0195. The number of aliphatic hydroxyl groups is 5. The van der Waals surface area contributed by atoms with Gasteiger partial charge in [0.1, 0.15) is 24.4 Å². The van der Waals surface area contributed by atoms with Crippen LogP contribution in [0.25, 0.3) is 0 Å². The standard InChI is InChI=1S/C77H147NO10/c1-3-5-7-9-11-13-44-49-53-57-61-65-73(82)86-66-62-58-54-50-46-43-41-39-37-35-33-31-29-27-25-23-21-19-17-15-16-18-20-22-24-26-28-30-32-34-36-38-40-42-45-48-52-56-60-64-72(81)78-69(68-87-77-76(85)75(84)74(83)71(67-79)88-77)70(80)63-59-55-51-47-14-12-10-8-6-4-2/h15-16,59,63,69-71,74-77,79-80,83-85H,3-14,17-58,60-62,64-68H2,1-2H3,(H,78,81)/b16-15-,63-59+. The molecule has 520 valence electrons. The maximum atomic E-state index is 13.0. The summed E-state index contributed by atoms with van der Waals surface area (Å²) in [6, 6.07) is -0.805. The van der Waals surface area contributed by atoms with E-state index in [1.54, 1.807) is 6.08 Å². The molecular formula is C77H147NO10. The predicted molar refractivity (Wildman–Crippen MR) is 371 cm³/mol. The number of esters is 1. The molecule has 1 aliphatic heterocycles. The van der Waals surface area contributed by atoms with Gasteiger partial charge < -0.3 is 45.1 Å². The van der Waals surface area contributed by atoms with Gasteiger partial charge in [-0.25, -0.2) is 0 Å². The second-order valence-electron chi connectivity index (χ2n) is 27.1. The van der Waals surface area contributed by atoms with Crippen LogP contribution in [-0.2, 0) is 23.8 Å². The normalized spacial score (nSPS) is 17.8. The smallest absolute Gasteiger partial charge is 0.305 e. The monoisotopic (exact) mass is 1250 g/mol. The molecular weight excluding hydrogens is 1100 g/mol. The maximum absolute atomic E-state index is 13.0. The van der Waals surface area contributed by atoms with Crippen LogP contribution in [0.1, 0.15) is 393 Å². The zero-order valence-corrected chi connectivity index (χ0v) is 58.0. The van der Waals surface area contributed by atoms with Crippen LogP contribution >= 0.6 is 0 Å². The van der Waals surface area contributed by atoms with Gasteiger partial charge in [-0.05, 0) is 57.8 Å². The van der Waals surface area contributed by atoms with Crippen molar-refractivity contribution in [3.05, 3.63) is 24.3 Å². The molecule has 0 saturated carbocycles. The molecule has 1 saturated heterocycles. The average molecular weight is 1250 g/mol. The van der Waals surface area contributed by atoms with Crippen molar-refractivity contribution in [2.45, 2.75) is 436 Å². The average Bonchev–Trinajstić information content (AvgIpc) is 3.12. The lowest BCUT2D eigenvalue weighted by Crippen LogP contribution is -2.60. The minimum absolute atomic E-state index is 0.0171.